The summed E-state index contributed by atoms with van der Waals surface area (Å²) in [5.41, 5.74) is 1.04. The summed E-state index contributed by atoms with van der Waals surface area (Å²) in [6.45, 7) is 2.75. The van der Waals surface area contributed by atoms with Crippen LogP contribution in [0.2, 0.25) is 0 Å². The van der Waals surface area contributed by atoms with Gasteiger partial charge in [-0.3, -0.25) is 0 Å². The van der Waals surface area contributed by atoms with Crippen LogP contribution in [0.3, 0.4) is 0 Å². The van der Waals surface area contributed by atoms with E-state index in [0.29, 0.717) is 6.42 Å². The molecule has 0 fully saturated rings. The van der Waals surface area contributed by atoms with E-state index in [1.807, 2.05) is 31.2 Å². The largest absolute Gasteiger partial charge is 0.389 e. The van der Waals surface area contributed by atoms with Crippen LogP contribution >= 0.6 is 15.9 Å². The summed E-state index contributed by atoms with van der Waals surface area (Å²) in [6.07, 6.45) is -3.18. The standard InChI is InChI=1S/C14H19BrF3N/c1-2-9-19-12(7-8-14(16,17)18)10-11-5-3-4-6-13(11)15/h3-6,12,19H,2,7-10H2,1H3. The molecule has 5 heteroatoms. The van der Waals surface area contributed by atoms with Crippen LogP contribution in [0.1, 0.15) is 31.7 Å². The van der Waals surface area contributed by atoms with Gasteiger partial charge in [-0.15, -0.1) is 0 Å². The quantitative estimate of drug-likeness (QED) is 0.760. The Kier molecular flexibility index (Phi) is 6.86. The van der Waals surface area contributed by atoms with Crippen LogP contribution in [0.25, 0.3) is 0 Å². The number of hydrogen-bond acceptors (Lipinski definition) is 1. The fourth-order valence-corrected chi connectivity index (χ4v) is 2.34. The van der Waals surface area contributed by atoms with Gasteiger partial charge in [0.2, 0.25) is 0 Å². The van der Waals surface area contributed by atoms with Gasteiger partial charge in [0, 0.05) is 16.9 Å². The highest BCUT2D eigenvalue weighted by atomic mass is 79.9. The summed E-state index contributed by atoms with van der Waals surface area (Å²) >= 11 is 3.43. The van der Waals surface area contributed by atoms with Crippen molar-refractivity contribution >= 4 is 15.9 Å². The van der Waals surface area contributed by atoms with Gasteiger partial charge in [0.1, 0.15) is 0 Å². The Morgan fingerprint density at radius 1 is 1.26 bits per heavy atom. The lowest BCUT2D eigenvalue weighted by molar-refractivity contribution is -0.136. The van der Waals surface area contributed by atoms with Crippen LogP contribution in [0.5, 0.6) is 0 Å². The topological polar surface area (TPSA) is 12.0 Å². The van der Waals surface area contributed by atoms with E-state index in [1.54, 1.807) is 0 Å². The second kappa shape index (κ2) is 7.90. The van der Waals surface area contributed by atoms with Crippen molar-refractivity contribution in [3.8, 4) is 0 Å². The van der Waals surface area contributed by atoms with Crippen molar-refractivity contribution < 1.29 is 13.2 Å². The minimum Gasteiger partial charge on any atom is -0.314 e. The van der Waals surface area contributed by atoms with Gasteiger partial charge in [-0.1, -0.05) is 41.1 Å². The van der Waals surface area contributed by atoms with Gasteiger partial charge in [-0.25, -0.2) is 0 Å². The maximum Gasteiger partial charge on any atom is 0.389 e. The molecule has 0 radical (unpaired) electrons. The summed E-state index contributed by atoms with van der Waals surface area (Å²) < 4.78 is 37.9. The van der Waals surface area contributed by atoms with E-state index >= 15 is 0 Å². The van der Waals surface area contributed by atoms with E-state index in [9.17, 15) is 13.2 Å². The molecule has 1 unspecified atom stereocenters. The molecule has 1 atom stereocenters. The van der Waals surface area contributed by atoms with Gasteiger partial charge in [0.05, 0.1) is 0 Å². The van der Waals surface area contributed by atoms with Crippen molar-refractivity contribution in [3.05, 3.63) is 34.3 Å². The Balaban J connectivity index is 2.61. The number of hydrogen-bond donors (Lipinski definition) is 1. The second-order valence-corrected chi connectivity index (χ2v) is 5.45. The highest BCUT2D eigenvalue weighted by Gasteiger charge is 2.28. The van der Waals surface area contributed by atoms with Crippen molar-refractivity contribution in [2.75, 3.05) is 6.54 Å². The molecular weight excluding hydrogens is 319 g/mol. The zero-order chi connectivity index (χ0) is 14.3. The molecule has 0 saturated heterocycles. The van der Waals surface area contributed by atoms with Crippen LogP contribution in [-0.2, 0) is 6.42 Å². The Morgan fingerprint density at radius 2 is 1.95 bits per heavy atom. The van der Waals surface area contributed by atoms with Crippen LogP contribution in [0.15, 0.2) is 28.7 Å². The number of halogens is 4. The lowest BCUT2D eigenvalue weighted by Gasteiger charge is -2.20. The predicted molar refractivity (Wildman–Crippen MR) is 75.2 cm³/mol. The summed E-state index contributed by atoms with van der Waals surface area (Å²) in [7, 11) is 0. The smallest absolute Gasteiger partial charge is 0.314 e. The zero-order valence-electron chi connectivity index (χ0n) is 10.9. The average Bonchev–Trinajstić information content (AvgIpc) is 2.34. The third-order valence-electron chi connectivity index (χ3n) is 2.88. The minimum atomic E-state index is -4.08. The van der Waals surface area contributed by atoms with E-state index in [-0.39, 0.29) is 12.5 Å². The molecule has 1 aromatic carbocycles. The molecule has 0 amide bonds. The van der Waals surface area contributed by atoms with Gasteiger partial charge >= 0.3 is 6.18 Å². The van der Waals surface area contributed by atoms with E-state index in [0.717, 1.165) is 23.0 Å². The lowest BCUT2D eigenvalue weighted by Crippen LogP contribution is -2.33. The Labute approximate surface area is 120 Å². The van der Waals surface area contributed by atoms with Crippen molar-refractivity contribution in [1.82, 2.24) is 5.32 Å². The van der Waals surface area contributed by atoms with E-state index in [1.165, 1.54) is 0 Å². The number of rotatable bonds is 7. The molecule has 0 aliphatic carbocycles. The van der Waals surface area contributed by atoms with Crippen LogP contribution < -0.4 is 5.32 Å². The van der Waals surface area contributed by atoms with E-state index in [4.69, 9.17) is 0 Å². The highest BCUT2D eigenvalue weighted by Crippen LogP contribution is 2.24. The van der Waals surface area contributed by atoms with Crippen molar-refractivity contribution in [1.29, 1.82) is 0 Å². The first-order valence-corrected chi connectivity index (χ1v) is 7.25. The van der Waals surface area contributed by atoms with Crippen molar-refractivity contribution in [3.63, 3.8) is 0 Å². The molecule has 0 spiro atoms. The lowest BCUT2D eigenvalue weighted by atomic mass is 10.0. The number of nitrogens with one attached hydrogen (secondary N) is 1. The predicted octanol–water partition coefficient (Wildman–Crippen LogP) is 4.70. The number of benzene rings is 1. The first kappa shape index (κ1) is 16.5. The van der Waals surface area contributed by atoms with Crippen molar-refractivity contribution in [2.24, 2.45) is 0 Å². The summed E-state index contributed by atoms with van der Waals surface area (Å²) in [4.78, 5) is 0. The second-order valence-electron chi connectivity index (χ2n) is 4.60. The molecule has 19 heavy (non-hydrogen) atoms. The minimum absolute atomic E-state index is 0.116. The van der Waals surface area contributed by atoms with Crippen LogP contribution in [0, 0.1) is 0 Å². The molecule has 1 rings (SSSR count). The SMILES string of the molecule is CCCNC(CCC(F)(F)F)Cc1ccccc1Br. The molecule has 0 heterocycles. The maximum absolute atomic E-state index is 12.3. The molecule has 1 N–H and O–H groups in total. The van der Waals surface area contributed by atoms with E-state index < -0.39 is 12.6 Å². The molecular formula is C14H19BrF3N. The van der Waals surface area contributed by atoms with Gasteiger partial charge in [-0.2, -0.15) is 13.2 Å². The Morgan fingerprint density at radius 3 is 2.53 bits per heavy atom. The Bertz CT molecular complexity index is 379. The first-order chi connectivity index (χ1) is 8.92. The highest BCUT2D eigenvalue weighted by molar-refractivity contribution is 9.10. The van der Waals surface area contributed by atoms with Gasteiger partial charge in [0.15, 0.2) is 0 Å². The Hall–Kier alpha value is -0.550. The molecule has 108 valence electrons. The first-order valence-electron chi connectivity index (χ1n) is 6.46. The van der Waals surface area contributed by atoms with Gasteiger partial charge in [0.25, 0.3) is 0 Å². The van der Waals surface area contributed by atoms with Gasteiger partial charge < -0.3 is 5.32 Å². The van der Waals surface area contributed by atoms with Crippen LogP contribution in [0.4, 0.5) is 13.2 Å². The summed E-state index contributed by atoms with van der Waals surface area (Å²) in [5, 5.41) is 3.20. The molecule has 0 aliphatic rings. The number of alkyl halides is 3. The third kappa shape index (κ3) is 6.97. The van der Waals surface area contributed by atoms with Crippen LogP contribution in [-0.4, -0.2) is 18.8 Å². The fraction of sp³-hybridized carbons (Fsp3) is 0.571. The normalized spacial score (nSPS) is 13.5. The molecule has 1 nitrogen and oxygen atoms in total. The molecule has 0 saturated carbocycles. The molecule has 0 aliphatic heterocycles. The maximum atomic E-state index is 12.3. The van der Waals surface area contributed by atoms with E-state index in [2.05, 4.69) is 21.2 Å². The fourth-order valence-electron chi connectivity index (χ4n) is 1.89. The zero-order valence-corrected chi connectivity index (χ0v) is 12.5. The third-order valence-corrected chi connectivity index (χ3v) is 3.66. The molecule has 1 aromatic rings. The molecule has 0 bridgehead atoms. The summed E-state index contributed by atoms with van der Waals surface area (Å²) in [5.74, 6) is 0. The van der Waals surface area contributed by atoms with Crippen molar-refractivity contribution in [2.45, 2.75) is 44.8 Å². The summed E-state index contributed by atoms with van der Waals surface area (Å²) in [6, 6.07) is 7.52. The average molecular weight is 338 g/mol. The monoisotopic (exact) mass is 337 g/mol. The molecule has 0 aromatic heterocycles. The van der Waals surface area contributed by atoms with Gasteiger partial charge in [-0.05, 0) is 37.4 Å².